The summed E-state index contributed by atoms with van der Waals surface area (Å²) in [5.74, 6) is 0. The Bertz CT molecular complexity index is 403. The van der Waals surface area contributed by atoms with E-state index in [0.29, 0.717) is 0 Å². The molecule has 1 N–H and O–H groups in total. The maximum absolute atomic E-state index is 4.28. The molecule has 0 aromatic carbocycles. The number of hydrogen-bond acceptors (Lipinski definition) is 6. The fraction of sp³-hybridized carbons (Fsp3) is 0.846. The highest BCUT2D eigenvalue weighted by Crippen LogP contribution is 2.23. The van der Waals surface area contributed by atoms with Gasteiger partial charge in [-0.05, 0) is 27.3 Å². The van der Waals surface area contributed by atoms with Crippen LogP contribution in [-0.2, 0) is 6.54 Å². The van der Waals surface area contributed by atoms with Crippen LogP contribution in [0.1, 0.15) is 32.9 Å². The fourth-order valence-corrected chi connectivity index (χ4v) is 2.97. The normalized spacial score (nSPS) is 20.6. The Kier molecular flexibility index (Phi) is 4.76. The Labute approximate surface area is 120 Å². The first-order chi connectivity index (χ1) is 9.03. The molecule has 0 bridgehead atoms. The van der Waals surface area contributed by atoms with E-state index in [9.17, 15) is 0 Å². The Morgan fingerprint density at radius 2 is 2.16 bits per heavy atom. The molecular formula is C13H25N5S. The first-order valence-electron chi connectivity index (χ1n) is 7.01. The highest BCUT2D eigenvalue weighted by molar-refractivity contribution is 7.10. The van der Waals surface area contributed by atoms with E-state index in [4.69, 9.17) is 0 Å². The van der Waals surface area contributed by atoms with Crippen molar-refractivity contribution in [1.82, 2.24) is 19.4 Å². The number of piperazine rings is 1. The van der Waals surface area contributed by atoms with Crippen LogP contribution in [0.4, 0.5) is 5.00 Å². The lowest BCUT2D eigenvalue weighted by Crippen LogP contribution is -2.57. The molecule has 1 aromatic heterocycles. The van der Waals surface area contributed by atoms with Crippen molar-refractivity contribution in [2.75, 3.05) is 38.5 Å². The smallest absolute Gasteiger partial charge is 0.134 e. The second-order valence-corrected chi connectivity index (χ2v) is 6.67. The van der Waals surface area contributed by atoms with Gasteiger partial charge in [0.25, 0.3) is 0 Å². The fourth-order valence-electron chi connectivity index (χ4n) is 2.37. The molecule has 0 amide bonds. The average molecular weight is 283 g/mol. The number of nitrogens with zero attached hydrogens (tertiary/aromatic N) is 4. The number of hydrogen-bond donors (Lipinski definition) is 1. The largest absolute Gasteiger partial charge is 0.374 e. The van der Waals surface area contributed by atoms with Crippen molar-refractivity contribution < 1.29 is 0 Å². The first-order valence-corrected chi connectivity index (χ1v) is 7.79. The van der Waals surface area contributed by atoms with Crippen molar-refractivity contribution in [3.8, 4) is 0 Å². The summed E-state index contributed by atoms with van der Waals surface area (Å²) in [5, 5.41) is 8.84. The molecule has 2 rings (SSSR count). The number of rotatable bonds is 5. The van der Waals surface area contributed by atoms with Crippen LogP contribution in [0.2, 0.25) is 0 Å². The summed E-state index contributed by atoms with van der Waals surface area (Å²) in [4.78, 5) is 4.91. The van der Waals surface area contributed by atoms with Gasteiger partial charge in [-0.1, -0.05) is 11.4 Å². The molecule has 0 spiro atoms. The molecule has 0 atom stereocenters. The maximum Gasteiger partial charge on any atom is 0.134 e. The molecule has 2 heterocycles. The van der Waals surface area contributed by atoms with Crippen LogP contribution in [0.15, 0.2) is 0 Å². The van der Waals surface area contributed by atoms with Crippen LogP contribution in [0, 0.1) is 0 Å². The molecule has 108 valence electrons. The summed E-state index contributed by atoms with van der Waals surface area (Å²) in [6.07, 6.45) is 1.12. The zero-order chi connectivity index (χ0) is 13.9. The van der Waals surface area contributed by atoms with Gasteiger partial charge in [0.1, 0.15) is 10.7 Å². The lowest BCUT2D eigenvalue weighted by Gasteiger charge is -2.45. The molecule has 1 saturated heterocycles. The maximum atomic E-state index is 4.28. The Balaban J connectivity index is 1.96. The van der Waals surface area contributed by atoms with Gasteiger partial charge in [-0.3, -0.25) is 9.80 Å². The average Bonchev–Trinajstić information content (AvgIpc) is 2.78. The second kappa shape index (κ2) is 6.15. The highest BCUT2D eigenvalue weighted by Gasteiger charge is 2.31. The van der Waals surface area contributed by atoms with Gasteiger partial charge in [0.15, 0.2) is 0 Å². The number of aromatic nitrogens is 2. The molecule has 5 nitrogen and oxygen atoms in total. The molecule has 0 radical (unpaired) electrons. The van der Waals surface area contributed by atoms with E-state index >= 15 is 0 Å². The molecule has 0 unspecified atom stereocenters. The Morgan fingerprint density at radius 3 is 2.84 bits per heavy atom. The van der Waals surface area contributed by atoms with E-state index in [-0.39, 0.29) is 5.54 Å². The molecule has 6 heteroatoms. The molecule has 1 aromatic rings. The first kappa shape index (κ1) is 14.7. The van der Waals surface area contributed by atoms with Crippen LogP contribution in [0.5, 0.6) is 0 Å². The van der Waals surface area contributed by atoms with Gasteiger partial charge in [0.2, 0.25) is 0 Å². The minimum atomic E-state index is 0.235. The predicted molar refractivity (Wildman–Crippen MR) is 80.7 cm³/mol. The molecule has 0 aliphatic carbocycles. The Hall–Kier alpha value is -0.720. The van der Waals surface area contributed by atoms with E-state index in [0.717, 1.165) is 49.8 Å². The molecule has 1 fully saturated rings. The summed E-state index contributed by atoms with van der Waals surface area (Å²) in [7, 11) is 2.20. The third-order valence-corrected chi connectivity index (χ3v) is 4.59. The third kappa shape index (κ3) is 3.64. The highest BCUT2D eigenvalue weighted by atomic mass is 32.1. The van der Waals surface area contributed by atoms with E-state index in [1.807, 2.05) is 0 Å². The van der Waals surface area contributed by atoms with Gasteiger partial charge >= 0.3 is 0 Å². The van der Waals surface area contributed by atoms with Gasteiger partial charge in [-0.25, -0.2) is 0 Å². The molecule has 1 aliphatic heterocycles. The molecule has 0 saturated carbocycles. The lowest BCUT2D eigenvalue weighted by atomic mass is 10.00. The zero-order valence-electron chi connectivity index (χ0n) is 12.4. The van der Waals surface area contributed by atoms with E-state index < -0.39 is 0 Å². The topological polar surface area (TPSA) is 44.3 Å². The van der Waals surface area contributed by atoms with Crippen LogP contribution < -0.4 is 5.32 Å². The summed E-state index contributed by atoms with van der Waals surface area (Å²) in [6, 6.07) is 0. The zero-order valence-corrected chi connectivity index (χ0v) is 13.3. The SMILES string of the molecule is CCCNc1snnc1CN1CCN(C)C(C)(C)C1. The van der Waals surface area contributed by atoms with E-state index in [2.05, 4.69) is 52.5 Å². The summed E-state index contributed by atoms with van der Waals surface area (Å²) >= 11 is 1.47. The van der Waals surface area contributed by atoms with Crippen LogP contribution >= 0.6 is 11.5 Å². The van der Waals surface area contributed by atoms with Gasteiger partial charge in [-0.15, -0.1) is 5.10 Å². The van der Waals surface area contributed by atoms with Crippen LogP contribution in [-0.4, -0.2) is 58.2 Å². The Morgan fingerprint density at radius 1 is 1.37 bits per heavy atom. The predicted octanol–water partition coefficient (Wildman–Crippen LogP) is 1.89. The standard InChI is InChI=1S/C13H25N5S/c1-5-6-14-12-11(15-16-19-12)9-18-8-7-17(4)13(2,3)10-18/h14H,5-10H2,1-4H3. The molecule has 19 heavy (non-hydrogen) atoms. The van der Waals surface area contributed by atoms with Crippen molar-refractivity contribution in [1.29, 1.82) is 0 Å². The summed E-state index contributed by atoms with van der Waals surface area (Å²) in [5.41, 5.74) is 1.33. The third-order valence-electron chi connectivity index (χ3n) is 3.86. The van der Waals surface area contributed by atoms with Crippen molar-refractivity contribution >= 4 is 16.5 Å². The van der Waals surface area contributed by atoms with Crippen molar-refractivity contribution in [3.05, 3.63) is 5.69 Å². The minimum Gasteiger partial charge on any atom is -0.374 e. The van der Waals surface area contributed by atoms with Gasteiger partial charge in [0, 0.05) is 49.8 Å². The monoisotopic (exact) mass is 283 g/mol. The lowest BCUT2D eigenvalue weighted by molar-refractivity contribution is 0.0355. The molecular weight excluding hydrogens is 258 g/mol. The molecule has 1 aliphatic rings. The number of likely N-dealkylation sites (N-methyl/N-ethyl adjacent to an activating group) is 1. The summed E-state index contributed by atoms with van der Waals surface area (Å²) < 4.78 is 4.08. The second-order valence-electron chi connectivity index (χ2n) is 5.92. The van der Waals surface area contributed by atoms with Gasteiger partial charge in [-0.2, -0.15) is 0 Å². The van der Waals surface area contributed by atoms with Crippen molar-refractivity contribution in [3.63, 3.8) is 0 Å². The van der Waals surface area contributed by atoms with Crippen molar-refractivity contribution in [2.24, 2.45) is 0 Å². The number of anilines is 1. The summed E-state index contributed by atoms with van der Waals surface area (Å²) in [6.45, 7) is 12.0. The van der Waals surface area contributed by atoms with Crippen molar-refractivity contribution in [2.45, 2.75) is 39.3 Å². The van der Waals surface area contributed by atoms with E-state index in [1.54, 1.807) is 0 Å². The van der Waals surface area contributed by atoms with Gasteiger partial charge < -0.3 is 5.32 Å². The number of nitrogens with one attached hydrogen (secondary N) is 1. The minimum absolute atomic E-state index is 0.235. The van der Waals surface area contributed by atoms with Crippen LogP contribution in [0.25, 0.3) is 0 Å². The van der Waals surface area contributed by atoms with E-state index in [1.165, 1.54) is 11.5 Å². The van der Waals surface area contributed by atoms with Crippen LogP contribution in [0.3, 0.4) is 0 Å². The quantitative estimate of drug-likeness (QED) is 0.894. The van der Waals surface area contributed by atoms with Gasteiger partial charge in [0.05, 0.1) is 0 Å².